The molecule has 2 heterocycles. The van der Waals surface area contributed by atoms with E-state index in [4.69, 9.17) is 0 Å². The summed E-state index contributed by atoms with van der Waals surface area (Å²) in [6.45, 7) is 8.02. The van der Waals surface area contributed by atoms with Gasteiger partial charge in [-0.05, 0) is 132 Å². The van der Waals surface area contributed by atoms with Crippen molar-refractivity contribution < 1.29 is 19.2 Å². The second-order valence-corrected chi connectivity index (χ2v) is 14.7. The Labute approximate surface area is 325 Å². The predicted molar refractivity (Wildman–Crippen MR) is 222 cm³/mol. The first kappa shape index (κ1) is 34.6. The van der Waals surface area contributed by atoms with Crippen LogP contribution in [0.15, 0.2) is 146 Å². The molecule has 270 valence electrons. The zero-order valence-corrected chi connectivity index (χ0v) is 31.4. The summed E-state index contributed by atoms with van der Waals surface area (Å²) in [7, 11) is 0. The van der Waals surface area contributed by atoms with Gasteiger partial charge >= 0.3 is 0 Å². The first-order valence-corrected chi connectivity index (χ1v) is 18.6. The third-order valence-electron chi connectivity index (χ3n) is 11.0. The molecule has 0 aromatic heterocycles. The minimum Gasteiger partial charge on any atom is -0.268 e. The Morgan fingerprint density at radius 2 is 0.589 bits per heavy atom. The summed E-state index contributed by atoms with van der Waals surface area (Å²) in [6, 6.07) is 46.6. The second-order valence-electron chi connectivity index (χ2n) is 14.7. The minimum absolute atomic E-state index is 0.325. The molecule has 0 spiro atoms. The molecule has 7 aromatic carbocycles. The average Bonchev–Trinajstić information content (AvgIpc) is 3.61. The van der Waals surface area contributed by atoms with Gasteiger partial charge in [-0.15, -0.1) is 0 Å². The number of hydrogen-bond acceptors (Lipinski definition) is 4. The molecule has 2 aliphatic heterocycles. The molecule has 0 radical (unpaired) electrons. The summed E-state index contributed by atoms with van der Waals surface area (Å²) >= 11 is 0. The first-order valence-electron chi connectivity index (χ1n) is 18.6. The number of fused-ring (bicyclic) bond motifs is 2. The van der Waals surface area contributed by atoms with Gasteiger partial charge in [-0.3, -0.25) is 19.2 Å². The van der Waals surface area contributed by atoms with Gasteiger partial charge in [0, 0.05) is 0 Å². The van der Waals surface area contributed by atoms with E-state index in [-0.39, 0.29) is 23.6 Å². The molecule has 2 aliphatic rings. The molecule has 6 nitrogen and oxygen atoms in total. The first-order chi connectivity index (χ1) is 27.0. The number of anilines is 2. The van der Waals surface area contributed by atoms with Crippen molar-refractivity contribution in [2.24, 2.45) is 0 Å². The lowest BCUT2D eigenvalue weighted by Crippen LogP contribution is -2.29. The monoisotopic (exact) mass is 728 g/mol. The Kier molecular flexibility index (Phi) is 8.20. The van der Waals surface area contributed by atoms with Crippen LogP contribution in [0.2, 0.25) is 0 Å². The maximum Gasteiger partial charge on any atom is 0.266 e. The van der Waals surface area contributed by atoms with E-state index in [0.29, 0.717) is 33.6 Å². The molecule has 0 bridgehead atoms. The number of carbonyl (C=O) groups is 4. The van der Waals surface area contributed by atoms with Crippen LogP contribution in [0.4, 0.5) is 11.4 Å². The summed E-state index contributed by atoms with van der Waals surface area (Å²) in [5, 5.41) is 0. The second kappa shape index (κ2) is 13.3. The fraction of sp³-hybridized carbons (Fsp3) is 0.0800. The number of benzene rings is 7. The SMILES string of the molecule is Cc1ccc(-c2ccc3c(c2)C(=O)N(c2ccc(-c4ccc(-c5ccc(N6C(=O)c7ccc(-c8ccc(C)cc8)cc7C6=O)cc5C)cc4)c(C)c2)C3=O)cc1. The highest BCUT2D eigenvalue weighted by Gasteiger charge is 2.38. The number of carbonyl (C=O) groups excluding carboxylic acids is 4. The number of nitrogens with zero attached hydrogens (tertiary/aromatic N) is 2. The lowest BCUT2D eigenvalue weighted by atomic mass is 9.95. The van der Waals surface area contributed by atoms with Crippen LogP contribution in [0.25, 0.3) is 44.5 Å². The molecule has 7 aromatic rings. The van der Waals surface area contributed by atoms with Gasteiger partial charge in [-0.1, -0.05) is 108 Å². The molecule has 9 rings (SSSR count). The molecule has 0 fully saturated rings. The molecular weight excluding hydrogens is 693 g/mol. The van der Waals surface area contributed by atoms with E-state index in [9.17, 15) is 19.2 Å². The van der Waals surface area contributed by atoms with Gasteiger partial charge in [0.2, 0.25) is 0 Å². The molecule has 0 N–H and O–H groups in total. The van der Waals surface area contributed by atoms with Gasteiger partial charge in [0.05, 0.1) is 33.6 Å². The van der Waals surface area contributed by atoms with Gasteiger partial charge < -0.3 is 0 Å². The Morgan fingerprint density at radius 1 is 0.286 bits per heavy atom. The normalized spacial score (nSPS) is 13.4. The molecular formula is C50H36N2O4. The van der Waals surface area contributed by atoms with Crippen molar-refractivity contribution in [3.05, 3.63) is 190 Å². The molecule has 56 heavy (non-hydrogen) atoms. The predicted octanol–water partition coefficient (Wildman–Crippen LogP) is 11.2. The number of rotatable bonds is 6. The summed E-state index contributed by atoms with van der Waals surface area (Å²) in [6.07, 6.45) is 0. The molecule has 0 saturated heterocycles. The van der Waals surface area contributed by atoms with Crippen LogP contribution < -0.4 is 9.80 Å². The van der Waals surface area contributed by atoms with E-state index in [1.54, 1.807) is 12.1 Å². The highest BCUT2D eigenvalue weighted by atomic mass is 16.2. The Morgan fingerprint density at radius 3 is 0.946 bits per heavy atom. The highest BCUT2D eigenvalue weighted by molar-refractivity contribution is 6.35. The molecule has 4 amide bonds. The van der Waals surface area contributed by atoms with Crippen molar-refractivity contribution in [1.82, 2.24) is 0 Å². The van der Waals surface area contributed by atoms with Crippen molar-refractivity contribution in [2.45, 2.75) is 27.7 Å². The topological polar surface area (TPSA) is 74.8 Å². The highest BCUT2D eigenvalue weighted by Crippen LogP contribution is 2.37. The van der Waals surface area contributed by atoms with Crippen molar-refractivity contribution in [2.75, 3.05) is 9.80 Å². The van der Waals surface area contributed by atoms with Crippen LogP contribution in [0.1, 0.15) is 63.7 Å². The van der Waals surface area contributed by atoms with Crippen molar-refractivity contribution in [1.29, 1.82) is 0 Å². The van der Waals surface area contributed by atoms with Crippen LogP contribution in [0.3, 0.4) is 0 Å². The lowest BCUT2D eigenvalue weighted by Gasteiger charge is -2.17. The zero-order chi connectivity index (χ0) is 38.8. The average molecular weight is 729 g/mol. The third-order valence-corrected chi connectivity index (χ3v) is 11.0. The Balaban J connectivity index is 0.927. The summed E-state index contributed by atoms with van der Waals surface area (Å²) in [4.78, 5) is 56.8. The lowest BCUT2D eigenvalue weighted by molar-refractivity contribution is 0.0910. The van der Waals surface area contributed by atoms with Crippen LogP contribution >= 0.6 is 0 Å². The summed E-state index contributed by atoms with van der Waals surface area (Å²) in [5.41, 5.74) is 14.6. The van der Waals surface area contributed by atoms with Gasteiger partial charge in [0.15, 0.2) is 0 Å². The number of imide groups is 2. The van der Waals surface area contributed by atoms with Crippen LogP contribution in [-0.2, 0) is 0 Å². The fourth-order valence-corrected chi connectivity index (χ4v) is 7.85. The Bertz CT molecular complexity index is 2610. The number of hydrogen-bond donors (Lipinski definition) is 0. The van der Waals surface area contributed by atoms with Gasteiger partial charge in [-0.25, -0.2) is 9.80 Å². The summed E-state index contributed by atoms with van der Waals surface area (Å²) in [5.74, 6) is -1.30. The smallest absolute Gasteiger partial charge is 0.266 e. The van der Waals surface area contributed by atoms with E-state index < -0.39 is 0 Å². The standard InChI is InChI=1S/C50H36N2O4/c1-29-5-9-33(10-6-29)37-17-21-43-45(27-37)49(55)51(47(43)53)39-19-23-41(31(3)25-39)35-13-15-36(16-14-35)42-24-20-40(26-32(42)4)52-48(54)44-22-18-38(28-46(44)50(52)56)34-11-7-30(2)8-12-34/h5-28H,1-4H3. The zero-order valence-electron chi connectivity index (χ0n) is 31.4. The quantitative estimate of drug-likeness (QED) is 0.160. The molecule has 0 atom stereocenters. The van der Waals surface area contributed by atoms with E-state index in [2.05, 4.69) is 24.3 Å². The molecule has 6 heteroatoms. The molecule has 0 aliphatic carbocycles. The van der Waals surface area contributed by atoms with Crippen molar-refractivity contribution in [3.8, 4) is 44.5 Å². The molecule has 0 unspecified atom stereocenters. The third kappa shape index (κ3) is 5.74. The number of aryl methyl sites for hydroxylation is 4. The Hall–Kier alpha value is -7.18. The van der Waals surface area contributed by atoms with E-state index >= 15 is 0 Å². The van der Waals surface area contributed by atoms with E-state index in [1.165, 1.54) is 9.80 Å². The van der Waals surface area contributed by atoms with Crippen LogP contribution in [-0.4, -0.2) is 23.6 Å². The van der Waals surface area contributed by atoms with Crippen LogP contribution in [0.5, 0.6) is 0 Å². The summed E-state index contributed by atoms with van der Waals surface area (Å²) < 4.78 is 0. The maximum atomic E-state index is 13.6. The van der Waals surface area contributed by atoms with E-state index in [1.807, 2.05) is 137 Å². The number of amides is 4. The largest absolute Gasteiger partial charge is 0.268 e. The van der Waals surface area contributed by atoms with E-state index in [0.717, 1.165) is 66.8 Å². The molecule has 0 saturated carbocycles. The minimum atomic E-state index is -0.327. The van der Waals surface area contributed by atoms with Crippen molar-refractivity contribution >= 4 is 35.0 Å². The maximum absolute atomic E-state index is 13.6. The van der Waals surface area contributed by atoms with Gasteiger partial charge in [0.1, 0.15) is 0 Å². The van der Waals surface area contributed by atoms with Gasteiger partial charge in [0.25, 0.3) is 23.6 Å². The fourth-order valence-electron chi connectivity index (χ4n) is 7.85. The van der Waals surface area contributed by atoms with Crippen molar-refractivity contribution in [3.63, 3.8) is 0 Å². The van der Waals surface area contributed by atoms with Crippen LogP contribution in [0, 0.1) is 27.7 Å². The van der Waals surface area contributed by atoms with Gasteiger partial charge in [-0.2, -0.15) is 0 Å².